The van der Waals surface area contributed by atoms with Gasteiger partial charge in [-0.25, -0.2) is 0 Å². The fraction of sp³-hybridized carbons (Fsp3) is 0.227. The molecule has 1 N–H and O–H groups in total. The highest BCUT2D eigenvalue weighted by atomic mass is 16.2. The lowest BCUT2D eigenvalue weighted by molar-refractivity contribution is -0.116. The number of rotatable bonds is 4. The van der Waals surface area contributed by atoms with Crippen molar-refractivity contribution >= 4 is 11.6 Å². The fourth-order valence-electron chi connectivity index (χ4n) is 2.89. The van der Waals surface area contributed by atoms with Gasteiger partial charge >= 0.3 is 11.1 Å². The molecule has 0 aliphatic heterocycles. The second-order valence-electron chi connectivity index (χ2n) is 7.02. The zero-order valence-electron chi connectivity index (χ0n) is 16.4. The van der Waals surface area contributed by atoms with Crippen LogP contribution in [0, 0.1) is 27.7 Å². The molecule has 28 heavy (non-hydrogen) atoms. The van der Waals surface area contributed by atoms with E-state index >= 15 is 0 Å². The molecule has 1 heterocycles. The minimum absolute atomic E-state index is 0.227. The number of aromatic nitrogens is 2. The molecule has 0 saturated carbocycles. The summed E-state index contributed by atoms with van der Waals surface area (Å²) in [6, 6.07) is 11.1. The Balaban J connectivity index is 1.83. The van der Waals surface area contributed by atoms with Crippen LogP contribution in [0.3, 0.4) is 0 Å². The van der Waals surface area contributed by atoms with E-state index in [4.69, 9.17) is 0 Å². The number of hydrogen-bond donors (Lipinski definition) is 1. The van der Waals surface area contributed by atoms with Crippen LogP contribution in [0.1, 0.15) is 22.3 Å². The highest BCUT2D eigenvalue weighted by Gasteiger charge is 2.11. The van der Waals surface area contributed by atoms with Crippen LogP contribution in [0.2, 0.25) is 0 Å². The van der Waals surface area contributed by atoms with Gasteiger partial charge in [-0.2, -0.15) is 0 Å². The number of carbonyl (C=O) groups is 1. The maximum Gasteiger partial charge on any atom is 0.320 e. The van der Waals surface area contributed by atoms with Crippen molar-refractivity contribution in [2.45, 2.75) is 34.2 Å². The van der Waals surface area contributed by atoms with Gasteiger partial charge in [-0.15, -0.1) is 0 Å². The van der Waals surface area contributed by atoms with Crippen LogP contribution < -0.4 is 16.4 Å². The normalized spacial score (nSPS) is 10.7. The van der Waals surface area contributed by atoms with Crippen LogP contribution in [0.15, 0.2) is 58.4 Å². The Hall–Kier alpha value is -3.41. The molecule has 144 valence electrons. The summed E-state index contributed by atoms with van der Waals surface area (Å²) in [5, 5.41) is 2.76. The molecule has 0 bridgehead atoms. The monoisotopic (exact) mass is 377 g/mol. The number of nitrogens with one attached hydrogen (secondary N) is 1. The van der Waals surface area contributed by atoms with E-state index in [9.17, 15) is 14.4 Å². The van der Waals surface area contributed by atoms with E-state index in [2.05, 4.69) is 5.32 Å². The van der Waals surface area contributed by atoms with Crippen molar-refractivity contribution in [1.82, 2.24) is 9.13 Å². The summed E-state index contributed by atoms with van der Waals surface area (Å²) >= 11 is 0. The van der Waals surface area contributed by atoms with Crippen LogP contribution in [-0.4, -0.2) is 15.0 Å². The van der Waals surface area contributed by atoms with Gasteiger partial charge in [0, 0.05) is 23.8 Å². The van der Waals surface area contributed by atoms with E-state index in [0.29, 0.717) is 11.4 Å². The van der Waals surface area contributed by atoms with E-state index in [1.807, 2.05) is 52.0 Å². The summed E-state index contributed by atoms with van der Waals surface area (Å²) in [6.45, 7) is 7.65. The van der Waals surface area contributed by atoms with Crippen molar-refractivity contribution in [3.8, 4) is 5.69 Å². The lowest BCUT2D eigenvalue weighted by Gasteiger charge is -2.11. The fourth-order valence-corrected chi connectivity index (χ4v) is 2.89. The third kappa shape index (κ3) is 3.96. The molecule has 0 unspecified atom stereocenters. The highest BCUT2D eigenvalue weighted by molar-refractivity contribution is 5.90. The number of nitrogens with zero attached hydrogens (tertiary/aromatic N) is 2. The Morgan fingerprint density at radius 3 is 2.11 bits per heavy atom. The Morgan fingerprint density at radius 1 is 0.821 bits per heavy atom. The molecular formula is C22H23N3O3. The molecule has 6 heteroatoms. The minimum atomic E-state index is -0.740. The van der Waals surface area contributed by atoms with Crippen LogP contribution in [-0.2, 0) is 11.3 Å². The average Bonchev–Trinajstić information content (AvgIpc) is 2.65. The zero-order chi connectivity index (χ0) is 20.4. The van der Waals surface area contributed by atoms with Gasteiger partial charge in [-0.3, -0.25) is 23.5 Å². The topological polar surface area (TPSA) is 73.1 Å². The summed E-state index contributed by atoms with van der Waals surface area (Å²) in [4.78, 5) is 37.3. The van der Waals surface area contributed by atoms with Crippen LogP contribution in [0.25, 0.3) is 5.69 Å². The number of anilines is 1. The molecule has 0 aliphatic rings. The lowest BCUT2D eigenvalue weighted by Crippen LogP contribution is -2.41. The van der Waals surface area contributed by atoms with Gasteiger partial charge in [0.2, 0.25) is 5.91 Å². The quantitative estimate of drug-likeness (QED) is 0.711. The summed E-state index contributed by atoms with van der Waals surface area (Å²) < 4.78 is 2.42. The first-order valence-corrected chi connectivity index (χ1v) is 9.03. The molecule has 3 aromatic rings. The Bertz CT molecular complexity index is 1170. The van der Waals surface area contributed by atoms with Crippen LogP contribution in [0.4, 0.5) is 5.69 Å². The SMILES string of the molecule is Cc1ccc(NC(=O)Cn2ccn(-c3ccc(C)c(C)c3)c(=O)c2=O)cc1C. The summed E-state index contributed by atoms with van der Waals surface area (Å²) in [5.41, 5.74) is 4.17. The summed E-state index contributed by atoms with van der Waals surface area (Å²) in [7, 11) is 0. The predicted octanol–water partition coefficient (Wildman–Crippen LogP) is 2.87. The maximum atomic E-state index is 12.5. The molecule has 0 aliphatic carbocycles. The Kier molecular flexibility index (Phi) is 5.31. The zero-order valence-corrected chi connectivity index (χ0v) is 16.4. The average molecular weight is 377 g/mol. The van der Waals surface area contributed by atoms with E-state index in [-0.39, 0.29) is 12.5 Å². The molecule has 3 rings (SSSR count). The highest BCUT2D eigenvalue weighted by Crippen LogP contribution is 2.14. The molecule has 2 aromatic carbocycles. The molecule has 0 radical (unpaired) electrons. The first kappa shape index (κ1) is 19.4. The number of hydrogen-bond acceptors (Lipinski definition) is 3. The van der Waals surface area contributed by atoms with Gasteiger partial charge in [0.1, 0.15) is 6.54 Å². The third-order valence-corrected chi connectivity index (χ3v) is 4.93. The second kappa shape index (κ2) is 7.68. The van der Waals surface area contributed by atoms with Gasteiger partial charge < -0.3 is 5.32 Å². The first-order chi connectivity index (χ1) is 13.3. The Morgan fingerprint density at radius 2 is 1.46 bits per heavy atom. The Labute approximate surface area is 163 Å². The molecule has 0 fully saturated rings. The number of benzene rings is 2. The molecule has 0 spiro atoms. The maximum absolute atomic E-state index is 12.5. The number of aryl methyl sites for hydroxylation is 4. The molecule has 1 amide bonds. The first-order valence-electron chi connectivity index (χ1n) is 9.03. The van der Waals surface area contributed by atoms with Crippen LogP contribution >= 0.6 is 0 Å². The van der Waals surface area contributed by atoms with Gasteiger partial charge in [-0.1, -0.05) is 12.1 Å². The predicted molar refractivity (Wildman–Crippen MR) is 110 cm³/mol. The smallest absolute Gasteiger partial charge is 0.320 e. The van der Waals surface area contributed by atoms with Crippen molar-refractivity contribution < 1.29 is 4.79 Å². The minimum Gasteiger partial charge on any atom is -0.325 e. The molecule has 6 nitrogen and oxygen atoms in total. The van der Waals surface area contributed by atoms with Crippen molar-refractivity contribution in [2.75, 3.05) is 5.32 Å². The van der Waals surface area contributed by atoms with Crippen molar-refractivity contribution in [3.63, 3.8) is 0 Å². The van der Waals surface area contributed by atoms with Crippen LogP contribution in [0.5, 0.6) is 0 Å². The number of carbonyl (C=O) groups excluding carboxylic acids is 1. The van der Waals surface area contributed by atoms with E-state index < -0.39 is 11.1 Å². The molecule has 1 aromatic heterocycles. The molecular weight excluding hydrogens is 354 g/mol. The molecule has 0 atom stereocenters. The summed E-state index contributed by atoms with van der Waals surface area (Å²) in [5.74, 6) is -0.367. The summed E-state index contributed by atoms with van der Waals surface area (Å²) in [6.07, 6.45) is 2.97. The second-order valence-corrected chi connectivity index (χ2v) is 7.02. The standard InChI is InChI=1S/C22H23N3O3/c1-14-5-7-18(11-16(14)3)23-20(26)13-24-9-10-25(22(28)21(24)27)19-8-6-15(2)17(4)12-19/h5-12H,13H2,1-4H3,(H,23,26). The van der Waals surface area contributed by atoms with Gasteiger partial charge in [-0.05, 0) is 74.2 Å². The largest absolute Gasteiger partial charge is 0.325 e. The van der Waals surface area contributed by atoms with Gasteiger partial charge in [0.25, 0.3) is 0 Å². The van der Waals surface area contributed by atoms with E-state index in [1.165, 1.54) is 17.0 Å². The van der Waals surface area contributed by atoms with Crippen molar-refractivity contribution in [3.05, 3.63) is 91.8 Å². The van der Waals surface area contributed by atoms with Gasteiger partial charge in [0.05, 0.1) is 0 Å². The van der Waals surface area contributed by atoms with Crippen molar-refractivity contribution in [2.24, 2.45) is 0 Å². The molecule has 0 saturated heterocycles. The van der Waals surface area contributed by atoms with Crippen molar-refractivity contribution in [1.29, 1.82) is 0 Å². The lowest BCUT2D eigenvalue weighted by atomic mass is 10.1. The van der Waals surface area contributed by atoms with E-state index in [1.54, 1.807) is 12.1 Å². The number of amides is 1. The van der Waals surface area contributed by atoms with Gasteiger partial charge in [0.15, 0.2) is 0 Å². The van der Waals surface area contributed by atoms with E-state index in [0.717, 1.165) is 26.8 Å². The third-order valence-electron chi connectivity index (χ3n) is 4.93.